The van der Waals surface area contributed by atoms with Gasteiger partial charge in [0.1, 0.15) is 0 Å². The van der Waals surface area contributed by atoms with Crippen LogP contribution in [0.1, 0.15) is 111 Å². The van der Waals surface area contributed by atoms with Crippen molar-refractivity contribution in [3.63, 3.8) is 0 Å². The van der Waals surface area contributed by atoms with Gasteiger partial charge in [0.2, 0.25) is 0 Å². The average Bonchev–Trinajstić information content (AvgIpc) is 2.38. The van der Waals surface area contributed by atoms with Crippen LogP contribution in [0.3, 0.4) is 0 Å². The Morgan fingerprint density at radius 1 is 0.417 bits per heavy atom. The highest BCUT2D eigenvalue weighted by Gasteiger charge is 2.78. The molecule has 144 valence electrons. The molecular weight excluding hydrogens is 288 g/mol. The largest absolute Gasteiger partial charge is 0.0596 e. The highest BCUT2D eigenvalue weighted by atomic mass is 14.8. The second-order valence-electron chi connectivity index (χ2n) is 13.1. The van der Waals surface area contributed by atoms with Crippen LogP contribution in [-0.4, -0.2) is 0 Å². The van der Waals surface area contributed by atoms with Crippen molar-refractivity contribution in [2.45, 2.75) is 111 Å². The Kier molecular flexibility index (Phi) is 4.44. The normalized spacial score (nSPS) is 28.0. The van der Waals surface area contributed by atoms with Gasteiger partial charge in [-0.1, -0.05) is 111 Å². The third-order valence-electron chi connectivity index (χ3n) is 11.9. The van der Waals surface area contributed by atoms with Gasteiger partial charge in [0.05, 0.1) is 0 Å². The highest BCUT2D eigenvalue weighted by molar-refractivity contribution is 5.26. The van der Waals surface area contributed by atoms with Crippen LogP contribution in [0.5, 0.6) is 0 Å². The number of hydrogen-bond donors (Lipinski definition) is 0. The van der Waals surface area contributed by atoms with E-state index in [0.717, 1.165) is 0 Å². The Morgan fingerprint density at radius 2 is 0.667 bits per heavy atom. The molecule has 1 aliphatic rings. The molecule has 1 aliphatic carbocycles. The van der Waals surface area contributed by atoms with Gasteiger partial charge < -0.3 is 0 Å². The minimum Gasteiger partial charge on any atom is -0.0596 e. The van der Waals surface area contributed by atoms with Gasteiger partial charge in [0.15, 0.2) is 0 Å². The smallest absolute Gasteiger partial charge is 0.0156 e. The van der Waals surface area contributed by atoms with Gasteiger partial charge in [-0.25, -0.2) is 0 Å². The molecule has 0 aliphatic heterocycles. The lowest BCUT2D eigenvalue weighted by Gasteiger charge is -2.66. The Balaban J connectivity index is 3.91. The zero-order chi connectivity index (χ0) is 20.0. The van der Waals surface area contributed by atoms with Gasteiger partial charge in [0.25, 0.3) is 0 Å². The number of rotatable bonds is 2. The fourth-order valence-corrected chi connectivity index (χ4v) is 6.72. The van der Waals surface area contributed by atoms with Crippen molar-refractivity contribution < 1.29 is 0 Å². The maximum Gasteiger partial charge on any atom is -0.0156 e. The summed E-state index contributed by atoms with van der Waals surface area (Å²) >= 11 is 0. The van der Waals surface area contributed by atoms with Crippen LogP contribution in [0.2, 0.25) is 0 Å². The van der Waals surface area contributed by atoms with E-state index in [0.29, 0.717) is 0 Å². The summed E-state index contributed by atoms with van der Waals surface area (Å²) in [6, 6.07) is 0. The molecule has 0 nitrogen and oxygen atoms in total. The molecule has 0 heteroatoms. The van der Waals surface area contributed by atoms with Crippen molar-refractivity contribution in [3.8, 4) is 0 Å². The third-order valence-corrected chi connectivity index (χ3v) is 11.9. The van der Waals surface area contributed by atoms with E-state index < -0.39 is 0 Å². The lowest BCUT2D eigenvalue weighted by atomic mass is 9.38. The van der Waals surface area contributed by atoms with Gasteiger partial charge in [-0.15, -0.1) is 0 Å². The minimum absolute atomic E-state index is 0.177. The zero-order valence-corrected chi connectivity index (χ0v) is 20.0. The van der Waals surface area contributed by atoms with Crippen molar-refractivity contribution in [2.24, 2.45) is 43.3 Å². The molecular formula is C24H48. The second-order valence-corrected chi connectivity index (χ2v) is 13.1. The number of hydrogen-bond acceptors (Lipinski definition) is 0. The highest BCUT2D eigenvalue weighted by Crippen LogP contribution is 2.84. The van der Waals surface area contributed by atoms with E-state index in [1.165, 1.54) is 0 Å². The molecule has 0 aromatic heterocycles. The van der Waals surface area contributed by atoms with Gasteiger partial charge in [-0.3, -0.25) is 0 Å². The summed E-state index contributed by atoms with van der Waals surface area (Å²) in [5.74, 6) is 0. The maximum atomic E-state index is 2.61. The van der Waals surface area contributed by atoms with Gasteiger partial charge in [0, 0.05) is 0 Å². The van der Waals surface area contributed by atoms with Crippen LogP contribution < -0.4 is 0 Å². The molecule has 0 unspecified atom stereocenters. The first-order chi connectivity index (χ1) is 10.0. The van der Waals surface area contributed by atoms with Crippen LogP contribution in [0.4, 0.5) is 0 Å². The summed E-state index contributed by atoms with van der Waals surface area (Å²) in [6.45, 7) is 40.2. The van der Waals surface area contributed by atoms with E-state index in [1.807, 2.05) is 0 Å². The summed E-state index contributed by atoms with van der Waals surface area (Å²) < 4.78 is 0. The lowest BCUT2D eigenvalue weighted by molar-refractivity contribution is -0.188. The Hall–Kier alpha value is 0. The first-order valence-corrected chi connectivity index (χ1v) is 10.0. The molecule has 0 heterocycles. The molecule has 0 spiro atoms. The van der Waals surface area contributed by atoms with Crippen molar-refractivity contribution in [3.05, 3.63) is 0 Å². The van der Waals surface area contributed by atoms with Crippen LogP contribution in [0.25, 0.3) is 0 Å². The standard InChI is InChI=1S/C24H48/c1-17(2,3)18(4,5)21(10,11)24(16)22(12,13)19(6,7)20(8,9)23(24,14)15/h1-16H3. The second kappa shape index (κ2) is 4.83. The topological polar surface area (TPSA) is 0 Å². The molecule has 0 N–H and O–H groups in total. The summed E-state index contributed by atoms with van der Waals surface area (Å²) in [5, 5.41) is 0. The first-order valence-electron chi connectivity index (χ1n) is 10.0. The minimum atomic E-state index is 0.177. The van der Waals surface area contributed by atoms with Crippen LogP contribution >= 0.6 is 0 Å². The average molecular weight is 337 g/mol. The van der Waals surface area contributed by atoms with Crippen LogP contribution in [0.15, 0.2) is 0 Å². The van der Waals surface area contributed by atoms with Crippen LogP contribution in [0, 0.1) is 43.3 Å². The van der Waals surface area contributed by atoms with Gasteiger partial charge in [-0.2, -0.15) is 0 Å². The lowest BCUT2D eigenvalue weighted by Crippen LogP contribution is -2.61. The fourth-order valence-electron chi connectivity index (χ4n) is 6.72. The van der Waals surface area contributed by atoms with Crippen molar-refractivity contribution in [2.75, 3.05) is 0 Å². The summed E-state index contributed by atoms with van der Waals surface area (Å²) in [5.41, 5.74) is 1.78. The van der Waals surface area contributed by atoms with Gasteiger partial charge in [-0.05, 0) is 43.3 Å². The quantitative estimate of drug-likeness (QED) is 0.476. The van der Waals surface area contributed by atoms with Gasteiger partial charge >= 0.3 is 0 Å². The summed E-state index contributed by atoms with van der Waals surface area (Å²) in [4.78, 5) is 0. The molecule has 0 atom stereocenters. The SMILES string of the molecule is CC(C)(C)C(C)(C)C(C)(C)C1(C)C(C)(C)C(C)(C)C(C)(C)C1(C)C. The molecule has 1 fully saturated rings. The Morgan fingerprint density at radius 3 is 0.875 bits per heavy atom. The molecule has 24 heavy (non-hydrogen) atoms. The molecule has 0 bridgehead atoms. The van der Waals surface area contributed by atoms with E-state index in [4.69, 9.17) is 0 Å². The van der Waals surface area contributed by atoms with E-state index in [2.05, 4.69) is 111 Å². The fraction of sp³-hybridized carbons (Fsp3) is 1.00. The zero-order valence-electron chi connectivity index (χ0n) is 20.0. The predicted molar refractivity (Wildman–Crippen MR) is 110 cm³/mol. The molecule has 0 aromatic rings. The first kappa shape index (κ1) is 22.0. The molecule has 0 radical (unpaired) electrons. The maximum absolute atomic E-state index is 2.61. The van der Waals surface area contributed by atoms with E-state index in [-0.39, 0.29) is 43.3 Å². The molecule has 0 saturated heterocycles. The molecule has 0 amide bonds. The van der Waals surface area contributed by atoms with E-state index >= 15 is 0 Å². The third kappa shape index (κ3) is 1.87. The van der Waals surface area contributed by atoms with E-state index in [9.17, 15) is 0 Å². The summed E-state index contributed by atoms with van der Waals surface area (Å²) in [6.07, 6.45) is 0. The molecule has 1 rings (SSSR count). The van der Waals surface area contributed by atoms with Crippen molar-refractivity contribution in [1.82, 2.24) is 0 Å². The van der Waals surface area contributed by atoms with Crippen molar-refractivity contribution >= 4 is 0 Å². The molecule has 0 aromatic carbocycles. The van der Waals surface area contributed by atoms with E-state index in [1.54, 1.807) is 0 Å². The Bertz CT molecular complexity index is 475. The Labute approximate surface area is 154 Å². The monoisotopic (exact) mass is 336 g/mol. The van der Waals surface area contributed by atoms with Crippen molar-refractivity contribution in [1.29, 1.82) is 0 Å². The van der Waals surface area contributed by atoms with Crippen LogP contribution in [-0.2, 0) is 0 Å². The molecule has 1 saturated carbocycles. The predicted octanol–water partition coefficient (Wildman–Crippen LogP) is 8.21. The summed E-state index contributed by atoms with van der Waals surface area (Å²) in [7, 11) is 0.